The van der Waals surface area contributed by atoms with Gasteiger partial charge < -0.3 is 26.2 Å². The summed E-state index contributed by atoms with van der Waals surface area (Å²) >= 11 is 0. The fourth-order valence-electron chi connectivity index (χ4n) is 1.90. The highest BCUT2D eigenvalue weighted by Crippen LogP contribution is 2.28. The molecule has 0 saturated carbocycles. The van der Waals surface area contributed by atoms with Gasteiger partial charge in [-0.15, -0.1) is 0 Å². The number of nitrogen functional groups attached to an aromatic ring is 1. The Hall–Kier alpha value is -1.70. The van der Waals surface area contributed by atoms with E-state index < -0.39 is 12.2 Å². The Bertz CT molecular complexity index is 527. The minimum absolute atomic E-state index is 0.288. The van der Waals surface area contributed by atoms with Gasteiger partial charge >= 0.3 is 0 Å². The van der Waals surface area contributed by atoms with Crippen molar-refractivity contribution in [3.63, 3.8) is 0 Å². The molecule has 6 N–H and O–H groups in total. The number of nitrogens with zero attached hydrogens (tertiary/aromatic N) is 2. The highest BCUT2D eigenvalue weighted by Gasteiger charge is 2.22. The van der Waals surface area contributed by atoms with E-state index in [0.29, 0.717) is 29.6 Å². The number of hydrogen-bond acceptors (Lipinski definition) is 6. The molecule has 0 aliphatic heterocycles. The predicted octanol–water partition coefficient (Wildman–Crippen LogP) is -0.456. The van der Waals surface area contributed by atoms with E-state index in [2.05, 4.69) is 20.3 Å². The molecule has 0 bridgehead atoms. The zero-order chi connectivity index (χ0) is 13.1. The first-order chi connectivity index (χ1) is 8.65. The van der Waals surface area contributed by atoms with E-state index in [4.69, 9.17) is 5.73 Å². The van der Waals surface area contributed by atoms with Gasteiger partial charge in [0.05, 0.1) is 11.5 Å². The van der Waals surface area contributed by atoms with Gasteiger partial charge in [-0.2, -0.15) is 0 Å². The third-order valence-electron chi connectivity index (χ3n) is 2.90. The van der Waals surface area contributed by atoms with E-state index in [0.717, 1.165) is 0 Å². The second-order valence-corrected chi connectivity index (χ2v) is 4.13. The van der Waals surface area contributed by atoms with Crippen LogP contribution in [-0.2, 0) is 0 Å². The first-order valence-electron chi connectivity index (χ1n) is 5.73. The standard InChI is InChI=1S/C11H17N5O2/c1-13-3-2-7(17)9(18)6-4-14-11-8(6)10(12)15-5-16-11/h4-5,7,9,13,17-18H,2-3H2,1H3,(H3,12,14,15,16). The van der Waals surface area contributed by atoms with E-state index in [1.807, 2.05) is 0 Å². The van der Waals surface area contributed by atoms with Crippen LogP contribution in [0.3, 0.4) is 0 Å². The van der Waals surface area contributed by atoms with Crippen molar-refractivity contribution in [1.82, 2.24) is 20.3 Å². The third kappa shape index (κ3) is 2.28. The summed E-state index contributed by atoms with van der Waals surface area (Å²) in [4.78, 5) is 10.8. The number of aromatic amines is 1. The van der Waals surface area contributed by atoms with Crippen LogP contribution in [0.5, 0.6) is 0 Å². The molecule has 0 amide bonds. The van der Waals surface area contributed by atoms with Gasteiger partial charge in [-0.05, 0) is 20.0 Å². The predicted molar refractivity (Wildman–Crippen MR) is 67.8 cm³/mol. The Balaban J connectivity index is 2.30. The second kappa shape index (κ2) is 5.30. The first kappa shape index (κ1) is 12.7. The highest BCUT2D eigenvalue weighted by molar-refractivity contribution is 5.89. The average Bonchev–Trinajstić information content (AvgIpc) is 2.80. The molecule has 2 atom stereocenters. The van der Waals surface area contributed by atoms with Crippen molar-refractivity contribution >= 4 is 16.9 Å². The molecule has 0 radical (unpaired) electrons. The lowest BCUT2D eigenvalue weighted by atomic mass is 10.0. The molecule has 0 fully saturated rings. The van der Waals surface area contributed by atoms with E-state index in [1.165, 1.54) is 6.33 Å². The molecular weight excluding hydrogens is 234 g/mol. The highest BCUT2D eigenvalue weighted by atomic mass is 16.3. The van der Waals surface area contributed by atoms with Crippen molar-refractivity contribution in [3.05, 3.63) is 18.1 Å². The lowest BCUT2D eigenvalue weighted by Gasteiger charge is -2.17. The maximum absolute atomic E-state index is 10.1. The van der Waals surface area contributed by atoms with E-state index in [9.17, 15) is 10.2 Å². The molecule has 7 nitrogen and oxygen atoms in total. The number of aliphatic hydroxyl groups is 2. The molecule has 98 valence electrons. The maximum atomic E-state index is 10.1. The Morgan fingerprint density at radius 2 is 2.22 bits per heavy atom. The first-order valence-corrected chi connectivity index (χ1v) is 5.73. The topological polar surface area (TPSA) is 120 Å². The summed E-state index contributed by atoms with van der Waals surface area (Å²) in [6, 6.07) is 0. The second-order valence-electron chi connectivity index (χ2n) is 4.13. The number of anilines is 1. The normalized spacial score (nSPS) is 14.8. The summed E-state index contributed by atoms with van der Waals surface area (Å²) in [5, 5.41) is 23.5. The van der Waals surface area contributed by atoms with Crippen LogP contribution in [0.15, 0.2) is 12.5 Å². The molecule has 0 spiro atoms. The van der Waals surface area contributed by atoms with Crippen molar-refractivity contribution in [2.75, 3.05) is 19.3 Å². The summed E-state index contributed by atoms with van der Waals surface area (Å²) in [5.41, 5.74) is 6.84. The van der Waals surface area contributed by atoms with Crippen LogP contribution in [-0.4, -0.2) is 44.9 Å². The molecule has 2 rings (SSSR count). The monoisotopic (exact) mass is 251 g/mol. The lowest BCUT2D eigenvalue weighted by Crippen LogP contribution is -2.23. The van der Waals surface area contributed by atoms with Crippen LogP contribution in [0.2, 0.25) is 0 Å². The molecule has 2 aromatic heterocycles. The van der Waals surface area contributed by atoms with Gasteiger partial charge in [0, 0.05) is 11.8 Å². The van der Waals surface area contributed by atoms with Gasteiger partial charge in [0.25, 0.3) is 0 Å². The van der Waals surface area contributed by atoms with Crippen LogP contribution >= 0.6 is 0 Å². The van der Waals surface area contributed by atoms with E-state index in [1.54, 1.807) is 13.2 Å². The SMILES string of the molecule is CNCCC(O)C(O)c1c[nH]c2ncnc(N)c12. The Labute approximate surface area is 104 Å². The van der Waals surface area contributed by atoms with Crippen molar-refractivity contribution in [3.8, 4) is 0 Å². The number of nitrogens with one attached hydrogen (secondary N) is 2. The van der Waals surface area contributed by atoms with Gasteiger partial charge in [0.15, 0.2) is 0 Å². The van der Waals surface area contributed by atoms with Crippen molar-refractivity contribution in [2.24, 2.45) is 0 Å². The lowest BCUT2D eigenvalue weighted by molar-refractivity contribution is 0.0149. The summed E-state index contributed by atoms with van der Waals surface area (Å²) in [7, 11) is 1.79. The molecule has 0 aliphatic carbocycles. The van der Waals surface area contributed by atoms with E-state index >= 15 is 0 Å². The summed E-state index contributed by atoms with van der Waals surface area (Å²) in [6.45, 7) is 0.618. The van der Waals surface area contributed by atoms with Gasteiger partial charge in [0.2, 0.25) is 0 Å². The summed E-state index contributed by atoms with van der Waals surface area (Å²) in [6.07, 6.45) is 1.51. The Kier molecular flexibility index (Phi) is 3.75. The van der Waals surface area contributed by atoms with Crippen molar-refractivity contribution < 1.29 is 10.2 Å². The van der Waals surface area contributed by atoms with Crippen molar-refractivity contribution in [2.45, 2.75) is 18.6 Å². The smallest absolute Gasteiger partial charge is 0.143 e. The molecule has 0 saturated heterocycles. The fourth-order valence-corrected chi connectivity index (χ4v) is 1.90. The molecule has 18 heavy (non-hydrogen) atoms. The number of hydrogen-bond donors (Lipinski definition) is 5. The largest absolute Gasteiger partial charge is 0.390 e. The molecule has 7 heteroatoms. The molecule has 2 heterocycles. The number of aliphatic hydroxyl groups excluding tert-OH is 2. The minimum atomic E-state index is -1.01. The Morgan fingerprint density at radius 1 is 1.44 bits per heavy atom. The number of rotatable bonds is 5. The molecule has 0 aliphatic rings. The van der Waals surface area contributed by atoms with Crippen LogP contribution in [0.1, 0.15) is 18.1 Å². The Morgan fingerprint density at radius 3 is 2.94 bits per heavy atom. The van der Waals surface area contributed by atoms with Crippen LogP contribution in [0.4, 0.5) is 5.82 Å². The van der Waals surface area contributed by atoms with Gasteiger partial charge in [-0.1, -0.05) is 0 Å². The summed E-state index contributed by atoms with van der Waals surface area (Å²) in [5.74, 6) is 0.288. The zero-order valence-electron chi connectivity index (χ0n) is 10.1. The number of aromatic nitrogens is 3. The van der Waals surface area contributed by atoms with E-state index in [-0.39, 0.29) is 5.82 Å². The number of nitrogens with two attached hydrogens (primary N) is 1. The molecular formula is C11H17N5O2. The number of fused-ring (bicyclic) bond motifs is 1. The zero-order valence-corrected chi connectivity index (χ0v) is 10.1. The van der Waals surface area contributed by atoms with Crippen LogP contribution in [0, 0.1) is 0 Å². The minimum Gasteiger partial charge on any atom is -0.390 e. The van der Waals surface area contributed by atoms with Gasteiger partial charge in [-0.3, -0.25) is 0 Å². The van der Waals surface area contributed by atoms with Gasteiger partial charge in [-0.25, -0.2) is 9.97 Å². The molecule has 2 aromatic rings. The van der Waals surface area contributed by atoms with Gasteiger partial charge in [0.1, 0.15) is 23.9 Å². The van der Waals surface area contributed by atoms with Crippen LogP contribution < -0.4 is 11.1 Å². The fraction of sp³-hybridized carbons (Fsp3) is 0.455. The van der Waals surface area contributed by atoms with Crippen molar-refractivity contribution in [1.29, 1.82) is 0 Å². The third-order valence-corrected chi connectivity index (χ3v) is 2.90. The quantitative estimate of drug-likeness (QED) is 0.490. The molecule has 2 unspecified atom stereocenters. The molecule has 0 aromatic carbocycles. The average molecular weight is 251 g/mol. The summed E-state index contributed by atoms with van der Waals surface area (Å²) < 4.78 is 0. The number of H-pyrrole nitrogens is 1. The van der Waals surface area contributed by atoms with Crippen LogP contribution in [0.25, 0.3) is 11.0 Å². The maximum Gasteiger partial charge on any atom is 0.143 e.